The van der Waals surface area contributed by atoms with Crippen molar-refractivity contribution in [2.75, 3.05) is 13.1 Å². The number of rotatable bonds is 6. The lowest BCUT2D eigenvalue weighted by molar-refractivity contribution is -0.132. The van der Waals surface area contributed by atoms with Crippen LogP contribution in [0.1, 0.15) is 32.8 Å². The zero-order chi connectivity index (χ0) is 21.8. The van der Waals surface area contributed by atoms with Gasteiger partial charge in [-0.3, -0.25) is 14.3 Å². The molecule has 6 nitrogen and oxygen atoms in total. The Labute approximate surface area is 188 Å². The van der Waals surface area contributed by atoms with Crippen molar-refractivity contribution in [2.45, 2.75) is 44.1 Å². The summed E-state index contributed by atoms with van der Waals surface area (Å²) in [7, 11) is 0. The van der Waals surface area contributed by atoms with E-state index >= 15 is 0 Å². The number of piperidine rings is 1. The molecule has 0 aliphatic carbocycles. The molecule has 1 aliphatic heterocycles. The van der Waals surface area contributed by atoms with Crippen molar-refractivity contribution in [2.24, 2.45) is 11.8 Å². The molecule has 2 aromatic heterocycles. The number of amides is 1. The molecule has 1 aliphatic rings. The summed E-state index contributed by atoms with van der Waals surface area (Å²) in [6.07, 6.45) is 4.70. The summed E-state index contributed by atoms with van der Waals surface area (Å²) < 4.78 is 2.10. The lowest BCUT2D eigenvalue weighted by Gasteiger charge is -2.36. The Hall–Kier alpha value is -2.67. The van der Waals surface area contributed by atoms with Crippen LogP contribution in [-0.4, -0.2) is 48.9 Å². The minimum absolute atomic E-state index is 0.183. The van der Waals surface area contributed by atoms with Crippen LogP contribution in [0.25, 0.3) is 11.4 Å². The van der Waals surface area contributed by atoms with Gasteiger partial charge in [-0.05, 0) is 42.9 Å². The first-order valence-electron chi connectivity index (χ1n) is 10.8. The Morgan fingerprint density at radius 2 is 1.74 bits per heavy atom. The molecule has 7 heteroatoms. The highest BCUT2D eigenvalue weighted by Gasteiger charge is 2.30. The van der Waals surface area contributed by atoms with E-state index in [9.17, 15) is 4.79 Å². The van der Waals surface area contributed by atoms with Crippen LogP contribution >= 0.6 is 11.8 Å². The molecule has 3 heterocycles. The molecule has 0 N–H and O–H groups in total. The van der Waals surface area contributed by atoms with Crippen molar-refractivity contribution in [1.82, 2.24) is 24.6 Å². The van der Waals surface area contributed by atoms with Gasteiger partial charge in [-0.25, -0.2) is 0 Å². The van der Waals surface area contributed by atoms with Crippen LogP contribution in [0.5, 0.6) is 0 Å². The van der Waals surface area contributed by atoms with E-state index in [0.717, 1.165) is 35.2 Å². The van der Waals surface area contributed by atoms with E-state index in [1.807, 2.05) is 42.2 Å². The van der Waals surface area contributed by atoms with Gasteiger partial charge in [0.15, 0.2) is 11.0 Å². The number of thioether (sulfide) groups is 1. The van der Waals surface area contributed by atoms with Gasteiger partial charge >= 0.3 is 0 Å². The van der Waals surface area contributed by atoms with E-state index in [1.54, 1.807) is 12.4 Å². The Morgan fingerprint density at radius 1 is 1.06 bits per heavy atom. The second kappa shape index (κ2) is 9.64. The summed E-state index contributed by atoms with van der Waals surface area (Å²) in [4.78, 5) is 19.3. The number of likely N-dealkylation sites (tertiary alicyclic amines) is 1. The standard InChI is InChI=1S/C24H29N5OS/c1-17-13-18(2)15-28(14-17)23(30)19(3)31-24-27-26-22(21-9-11-25-12-10-21)29(24)16-20-7-5-4-6-8-20/h4-12,17-19H,13-16H2,1-3H3. The lowest BCUT2D eigenvalue weighted by Crippen LogP contribution is -2.45. The van der Waals surface area contributed by atoms with E-state index in [-0.39, 0.29) is 11.2 Å². The predicted molar refractivity (Wildman–Crippen MR) is 124 cm³/mol. The summed E-state index contributed by atoms with van der Waals surface area (Å²) in [6, 6.07) is 14.1. The molecule has 3 unspecified atom stereocenters. The monoisotopic (exact) mass is 435 g/mol. The fourth-order valence-corrected chi connectivity index (χ4v) is 5.24. The Kier molecular flexibility index (Phi) is 6.70. The van der Waals surface area contributed by atoms with Crippen molar-refractivity contribution in [1.29, 1.82) is 0 Å². The smallest absolute Gasteiger partial charge is 0.235 e. The van der Waals surface area contributed by atoms with Crippen LogP contribution in [0.2, 0.25) is 0 Å². The van der Waals surface area contributed by atoms with Gasteiger partial charge in [0.05, 0.1) is 11.8 Å². The van der Waals surface area contributed by atoms with Crippen molar-refractivity contribution in [3.63, 3.8) is 0 Å². The van der Waals surface area contributed by atoms with Crippen molar-refractivity contribution < 1.29 is 4.79 Å². The number of carbonyl (C=O) groups is 1. The van der Waals surface area contributed by atoms with Crippen LogP contribution < -0.4 is 0 Å². The zero-order valence-electron chi connectivity index (χ0n) is 18.3. The molecule has 1 fully saturated rings. The molecule has 3 aromatic rings. The molecule has 31 heavy (non-hydrogen) atoms. The van der Waals surface area contributed by atoms with Crippen LogP contribution in [-0.2, 0) is 11.3 Å². The normalized spacial score (nSPS) is 19.9. The van der Waals surface area contributed by atoms with E-state index in [1.165, 1.54) is 18.2 Å². The molecule has 1 aromatic carbocycles. The maximum atomic E-state index is 13.2. The van der Waals surface area contributed by atoms with Crippen LogP contribution in [0.4, 0.5) is 0 Å². The molecule has 0 saturated carbocycles. The molecule has 1 amide bonds. The van der Waals surface area contributed by atoms with Crippen LogP contribution in [0.15, 0.2) is 60.0 Å². The molecule has 4 rings (SSSR count). The first-order chi connectivity index (χ1) is 15.0. The van der Waals surface area contributed by atoms with Gasteiger partial charge in [-0.15, -0.1) is 10.2 Å². The van der Waals surface area contributed by atoms with Gasteiger partial charge < -0.3 is 4.90 Å². The fourth-order valence-electron chi connectivity index (χ4n) is 4.31. The number of carbonyl (C=O) groups excluding carboxylic acids is 1. The molecule has 0 radical (unpaired) electrons. The first-order valence-corrected chi connectivity index (χ1v) is 11.7. The van der Waals surface area contributed by atoms with Gasteiger partial charge in [0, 0.05) is 31.0 Å². The summed E-state index contributed by atoms with van der Waals surface area (Å²) >= 11 is 1.49. The Balaban J connectivity index is 1.58. The molecular weight excluding hydrogens is 406 g/mol. The zero-order valence-corrected chi connectivity index (χ0v) is 19.1. The van der Waals surface area contributed by atoms with Crippen molar-refractivity contribution >= 4 is 17.7 Å². The van der Waals surface area contributed by atoms with Gasteiger partial charge in [0.25, 0.3) is 0 Å². The Bertz CT molecular complexity index is 997. The van der Waals surface area contributed by atoms with E-state index in [4.69, 9.17) is 0 Å². The van der Waals surface area contributed by atoms with Gasteiger partial charge in [0.2, 0.25) is 5.91 Å². The molecule has 162 valence electrons. The van der Waals surface area contributed by atoms with E-state index in [0.29, 0.717) is 18.4 Å². The maximum absolute atomic E-state index is 13.2. The van der Waals surface area contributed by atoms with Crippen molar-refractivity contribution in [3.05, 3.63) is 60.4 Å². The molecule has 1 saturated heterocycles. The third-order valence-corrected chi connectivity index (χ3v) is 6.72. The van der Waals surface area contributed by atoms with E-state index in [2.05, 4.69) is 45.7 Å². The minimum Gasteiger partial charge on any atom is -0.341 e. The first kappa shape index (κ1) is 21.6. The topological polar surface area (TPSA) is 63.9 Å². The summed E-state index contributed by atoms with van der Waals surface area (Å²) in [5.74, 6) is 2.06. The molecule has 3 atom stereocenters. The van der Waals surface area contributed by atoms with E-state index < -0.39 is 0 Å². The third-order valence-electron chi connectivity index (χ3n) is 5.65. The van der Waals surface area contributed by atoms with Crippen molar-refractivity contribution in [3.8, 4) is 11.4 Å². The number of benzene rings is 1. The van der Waals surface area contributed by atoms with Crippen LogP contribution in [0.3, 0.4) is 0 Å². The predicted octanol–water partition coefficient (Wildman–Crippen LogP) is 4.37. The maximum Gasteiger partial charge on any atom is 0.235 e. The highest BCUT2D eigenvalue weighted by molar-refractivity contribution is 8.00. The van der Waals surface area contributed by atoms with Gasteiger partial charge in [-0.1, -0.05) is 55.9 Å². The molecular formula is C24H29N5OS. The summed E-state index contributed by atoms with van der Waals surface area (Å²) in [5, 5.41) is 9.48. The lowest BCUT2D eigenvalue weighted by atomic mass is 9.92. The quantitative estimate of drug-likeness (QED) is 0.538. The highest BCUT2D eigenvalue weighted by Crippen LogP contribution is 2.30. The molecule has 0 bridgehead atoms. The minimum atomic E-state index is -0.221. The SMILES string of the molecule is CC1CC(C)CN(C(=O)C(C)Sc2nnc(-c3ccncc3)n2Cc2ccccc2)C1. The largest absolute Gasteiger partial charge is 0.341 e. The third kappa shape index (κ3) is 5.15. The average molecular weight is 436 g/mol. The molecule has 0 spiro atoms. The number of nitrogens with zero attached hydrogens (tertiary/aromatic N) is 5. The average Bonchev–Trinajstić information content (AvgIpc) is 3.15. The summed E-state index contributed by atoms with van der Waals surface area (Å²) in [5.41, 5.74) is 2.13. The summed E-state index contributed by atoms with van der Waals surface area (Å²) in [6.45, 7) is 8.76. The number of hydrogen-bond acceptors (Lipinski definition) is 5. The van der Waals surface area contributed by atoms with Gasteiger partial charge in [0.1, 0.15) is 0 Å². The van der Waals surface area contributed by atoms with Gasteiger partial charge in [-0.2, -0.15) is 0 Å². The highest BCUT2D eigenvalue weighted by atomic mass is 32.2. The Morgan fingerprint density at radius 3 is 2.42 bits per heavy atom. The second-order valence-electron chi connectivity index (χ2n) is 8.56. The number of hydrogen-bond donors (Lipinski definition) is 0. The second-order valence-corrected chi connectivity index (χ2v) is 9.87. The fraction of sp³-hybridized carbons (Fsp3) is 0.417. The number of aromatic nitrogens is 4. The number of pyridine rings is 1. The van der Waals surface area contributed by atoms with Crippen LogP contribution in [0, 0.1) is 11.8 Å².